The predicted molar refractivity (Wildman–Crippen MR) is 119 cm³/mol. The molecule has 0 bridgehead atoms. The van der Waals surface area contributed by atoms with Crippen LogP contribution in [0.2, 0.25) is 0 Å². The van der Waals surface area contributed by atoms with E-state index in [4.69, 9.17) is 9.37 Å². The molecule has 1 aliphatic heterocycles. The van der Waals surface area contributed by atoms with Gasteiger partial charge < -0.3 is 9.64 Å². The Labute approximate surface area is 186 Å². The Balaban J connectivity index is 1.24. The van der Waals surface area contributed by atoms with Crippen molar-refractivity contribution in [3.63, 3.8) is 0 Å². The molecule has 1 fully saturated rings. The number of carbonyl (C=O) groups is 1. The van der Waals surface area contributed by atoms with Gasteiger partial charge in [0.15, 0.2) is 0 Å². The van der Waals surface area contributed by atoms with Crippen molar-refractivity contribution in [2.75, 3.05) is 26.7 Å². The number of amides is 1. The number of thiophene rings is 1. The van der Waals surface area contributed by atoms with Gasteiger partial charge in [-0.3, -0.25) is 9.69 Å². The number of rotatable bonds is 8. The van der Waals surface area contributed by atoms with Crippen molar-refractivity contribution in [2.24, 2.45) is 5.92 Å². The summed E-state index contributed by atoms with van der Waals surface area (Å²) in [5.41, 5.74) is 2.89. The number of nitrogens with zero attached hydrogens (tertiary/aromatic N) is 4. The normalized spacial score (nSPS) is 16.6. The Hall–Kier alpha value is -2.71. The number of likely N-dealkylation sites (tertiary alicyclic amines) is 1. The molecule has 4 rings (SSSR count). The number of hydrogen-bond donors (Lipinski definition) is 0. The maximum atomic E-state index is 12.6. The standard InChI is InChI=1S/C23H28N4O3S/c1-17-21(25-30-24-17)15-26(2)13-18-7-9-20(10-8-18)29-16-19-5-3-11-27(14-19)23(28)22-6-4-12-31-22/h4,6-10,12,19H,3,5,11,13-16H2,1-2H3/t19-/m1/s1. The van der Waals surface area contributed by atoms with Crippen molar-refractivity contribution in [2.45, 2.75) is 32.9 Å². The molecule has 0 unspecified atom stereocenters. The van der Waals surface area contributed by atoms with Gasteiger partial charge in [0.1, 0.15) is 17.1 Å². The van der Waals surface area contributed by atoms with E-state index in [0.717, 1.165) is 54.5 Å². The highest BCUT2D eigenvalue weighted by Crippen LogP contribution is 2.22. The molecular formula is C23H28N4O3S. The molecule has 1 saturated heterocycles. The smallest absolute Gasteiger partial charge is 0.263 e. The maximum Gasteiger partial charge on any atom is 0.263 e. The van der Waals surface area contributed by atoms with Crippen LogP contribution in [0.5, 0.6) is 5.75 Å². The van der Waals surface area contributed by atoms with E-state index in [1.165, 1.54) is 16.9 Å². The van der Waals surface area contributed by atoms with Gasteiger partial charge in [0.2, 0.25) is 0 Å². The van der Waals surface area contributed by atoms with Crippen LogP contribution in [0, 0.1) is 12.8 Å². The predicted octanol–water partition coefficient (Wildman–Crippen LogP) is 4.00. The number of piperidine rings is 1. The van der Waals surface area contributed by atoms with E-state index in [-0.39, 0.29) is 5.91 Å². The van der Waals surface area contributed by atoms with Crippen molar-refractivity contribution >= 4 is 17.2 Å². The number of aromatic nitrogens is 2. The molecule has 2 aromatic heterocycles. The van der Waals surface area contributed by atoms with Crippen LogP contribution in [0.15, 0.2) is 46.4 Å². The zero-order valence-corrected chi connectivity index (χ0v) is 18.8. The molecule has 0 radical (unpaired) electrons. The van der Waals surface area contributed by atoms with Crippen molar-refractivity contribution in [3.8, 4) is 5.75 Å². The third-order valence-electron chi connectivity index (χ3n) is 5.57. The molecule has 31 heavy (non-hydrogen) atoms. The molecule has 0 spiro atoms. The van der Waals surface area contributed by atoms with Gasteiger partial charge in [-0.15, -0.1) is 11.3 Å². The minimum absolute atomic E-state index is 0.143. The number of aryl methyl sites for hydroxylation is 1. The molecule has 3 aromatic rings. The molecule has 0 N–H and O–H groups in total. The molecule has 1 amide bonds. The summed E-state index contributed by atoms with van der Waals surface area (Å²) in [6, 6.07) is 12.0. The molecule has 8 heteroatoms. The highest BCUT2D eigenvalue weighted by atomic mass is 32.1. The third kappa shape index (κ3) is 5.71. The molecule has 3 heterocycles. The second-order valence-corrected chi connectivity index (χ2v) is 9.11. The lowest BCUT2D eigenvalue weighted by atomic mass is 9.99. The number of benzene rings is 1. The van der Waals surface area contributed by atoms with E-state index in [1.807, 2.05) is 48.5 Å². The van der Waals surface area contributed by atoms with Crippen LogP contribution in [0.1, 0.15) is 39.5 Å². The van der Waals surface area contributed by atoms with Gasteiger partial charge in [0.25, 0.3) is 5.91 Å². The van der Waals surface area contributed by atoms with Gasteiger partial charge in [-0.25, -0.2) is 4.63 Å². The van der Waals surface area contributed by atoms with Gasteiger partial charge in [-0.1, -0.05) is 28.5 Å². The summed E-state index contributed by atoms with van der Waals surface area (Å²) in [6.07, 6.45) is 2.12. The van der Waals surface area contributed by atoms with E-state index in [0.29, 0.717) is 19.1 Å². The average molecular weight is 441 g/mol. The van der Waals surface area contributed by atoms with Crippen molar-refractivity contribution in [1.82, 2.24) is 20.1 Å². The first kappa shape index (κ1) is 21.5. The monoisotopic (exact) mass is 440 g/mol. The SMILES string of the molecule is Cc1nonc1CN(C)Cc1ccc(OC[C@@H]2CCCN(C(=O)c3cccs3)C2)cc1. The minimum atomic E-state index is 0.143. The van der Waals surface area contributed by atoms with Crippen molar-refractivity contribution in [3.05, 3.63) is 63.6 Å². The Kier molecular flexibility index (Phi) is 6.99. The fourth-order valence-electron chi connectivity index (χ4n) is 3.86. The number of ether oxygens (including phenoxy) is 1. The number of carbonyl (C=O) groups excluding carboxylic acids is 1. The van der Waals surface area contributed by atoms with E-state index < -0.39 is 0 Å². The van der Waals surface area contributed by atoms with E-state index in [9.17, 15) is 4.79 Å². The average Bonchev–Trinajstić information content (AvgIpc) is 3.45. The van der Waals surface area contributed by atoms with Crippen LogP contribution in [0.25, 0.3) is 0 Å². The second-order valence-electron chi connectivity index (χ2n) is 8.16. The Morgan fingerprint density at radius 2 is 2.10 bits per heavy atom. The molecule has 0 aliphatic carbocycles. The first-order valence-corrected chi connectivity index (χ1v) is 11.5. The summed E-state index contributed by atoms with van der Waals surface area (Å²) in [5.74, 6) is 1.37. The Bertz CT molecular complexity index is 971. The lowest BCUT2D eigenvalue weighted by Crippen LogP contribution is -2.41. The quantitative estimate of drug-likeness (QED) is 0.527. The molecule has 1 aliphatic rings. The Morgan fingerprint density at radius 1 is 1.26 bits per heavy atom. The maximum absolute atomic E-state index is 12.6. The summed E-state index contributed by atoms with van der Waals surface area (Å²) in [7, 11) is 2.05. The van der Waals surface area contributed by atoms with Crippen LogP contribution >= 0.6 is 11.3 Å². The Morgan fingerprint density at radius 3 is 2.81 bits per heavy atom. The summed E-state index contributed by atoms with van der Waals surface area (Å²) >= 11 is 1.51. The largest absolute Gasteiger partial charge is 0.493 e. The summed E-state index contributed by atoms with van der Waals surface area (Å²) in [5, 5.41) is 9.71. The minimum Gasteiger partial charge on any atom is -0.493 e. The molecule has 7 nitrogen and oxygen atoms in total. The van der Waals surface area contributed by atoms with Gasteiger partial charge in [0, 0.05) is 32.1 Å². The van der Waals surface area contributed by atoms with Crippen molar-refractivity contribution < 1.29 is 14.2 Å². The van der Waals surface area contributed by atoms with Crippen LogP contribution in [0.3, 0.4) is 0 Å². The zero-order valence-electron chi connectivity index (χ0n) is 18.0. The topological polar surface area (TPSA) is 71.7 Å². The molecule has 0 saturated carbocycles. The van der Waals surface area contributed by atoms with Crippen molar-refractivity contribution in [1.29, 1.82) is 0 Å². The van der Waals surface area contributed by atoms with Gasteiger partial charge in [0.05, 0.1) is 11.5 Å². The van der Waals surface area contributed by atoms with Gasteiger partial charge in [-0.2, -0.15) is 0 Å². The van der Waals surface area contributed by atoms with Crippen LogP contribution < -0.4 is 4.74 Å². The first-order valence-electron chi connectivity index (χ1n) is 10.6. The van der Waals surface area contributed by atoms with E-state index in [1.54, 1.807) is 0 Å². The first-order chi connectivity index (χ1) is 15.1. The second kappa shape index (κ2) is 10.1. The summed E-state index contributed by atoms with van der Waals surface area (Å²) in [4.78, 5) is 17.6. The zero-order chi connectivity index (χ0) is 21.6. The fourth-order valence-corrected chi connectivity index (χ4v) is 4.55. The van der Waals surface area contributed by atoms with Crippen LogP contribution in [-0.2, 0) is 13.1 Å². The van der Waals surface area contributed by atoms with Crippen LogP contribution in [0.4, 0.5) is 0 Å². The lowest BCUT2D eigenvalue weighted by Gasteiger charge is -2.32. The van der Waals surface area contributed by atoms with Gasteiger partial charge >= 0.3 is 0 Å². The third-order valence-corrected chi connectivity index (χ3v) is 6.42. The lowest BCUT2D eigenvalue weighted by molar-refractivity contribution is 0.0638. The molecular weight excluding hydrogens is 412 g/mol. The highest BCUT2D eigenvalue weighted by Gasteiger charge is 2.25. The fraction of sp³-hybridized carbons (Fsp3) is 0.435. The molecule has 1 atom stereocenters. The summed E-state index contributed by atoms with van der Waals surface area (Å²) in [6.45, 7) is 5.61. The summed E-state index contributed by atoms with van der Waals surface area (Å²) < 4.78 is 10.8. The van der Waals surface area contributed by atoms with E-state index >= 15 is 0 Å². The van der Waals surface area contributed by atoms with Gasteiger partial charge in [-0.05, 0) is 56.0 Å². The molecule has 164 valence electrons. The highest BCUT2D eigenvalue weighted by molar-refractivity contribution is 7.12. The molecule has 1 aromatic carbocycles. The van der Waals surface area contributed by atoms with Crippen LogP contribution in [-0.4, -0.2) is 52.8 Å². The number of hydrogen-bond acceptors (Lipinski definition) is 7. The van der Waals surface area contributed by atoms with E-state index in [2.05, 4.69) is 27.3 Å².